The molecule has 86 valence electrons. The van der Waals surface area contributed by atoms with Crippen molar-refractivity contribution < 1.29 is 8.42 Å². The summed E-state index contributed by atoms with van der Waals surface area (Å²) in [5.41, 5.74) is 1.40. The summed E-state index contributed by atoms with van der Waals surface area (Å²) in [4.78, 5) is 0. The molecule has 0 radical (unpaired) electrons. The van der Waals surface area contributed by atoms with Crippen LogP contribution in [0.3, 0.4) is 0 Å². The summed E-state index contributed by atoms with van der Waals surface area (Å²) in [7, 11) is -2.07. The van der Waals surface area contributed by atoms with Crippen molar-refractivity contribution in [3.63, 3.8) is 0 Å². The molecule has 0 saturated carbocycles. The fourth-order valence-electron chi connectivity index (χ4n) is 0.979. The zero-order valence-corrected chi connectivity index (χ0v) is 10.3. The Morgan fingerprint density at radius 2 is 2.00 bits per heavy atom. The van der Waals surface area contributed by atoms with Crippen LogP contribution in [0.4, 0.5) is 0 Å². The van der Waals surface area contributed by atoms with Crippen LogP contribution in [0, 0.1) is 0 Å². The van der Waals surface area contributed by atoms with Crippen LogP contribution in [-0.4, -0.2) is 18.2 Å². The van der Waals surface area contributed by atoms with Crippen LogP contribution in [0.25, 0.3) is 5.57 Å². The first-order valence-corrected chi connectivity index (χ1v) is 6.09. The number of aryl methyl sites for hydroxylation is 1. The fraction of sp³-hybridized carbons (Fsp3) is 0.444. The Labute approximate surface area is 90.6 Å². The predicted octanol–water partition coefficient (Wildman–Crippen LogP) is 1.13. The highest BCUT2D eigenvalue weighted by molar-refractivity contribution is 7.89. The molecule has 15 heavy (non-hydrogen) atoms. The van der Waals surface area contributed by atoms with Crippen LogP contribution in [0.2, 0.25) is 0 Å². The van der Waals surface area contributed by atoms with Crippen molar-refractivity contribution >= 4 is 15.6 Å². The highest BCUT2D eigenvalue weighted by atomic mass is 32.2. The lowest BCUT2D eigenvalue weighted by Crippen LogP contribution is -2.13. The van der Waals surface area contributed by atoms with E-state index in [4.69, 9.17) is 5.14 Å². The molecule has 0 bridgehead atoms. The van der Waals surface area contributed by atoms with Crippen molar-refractivity contribution in [3.05, 3.63) is 18.3 Å². The van der Waals surface area contributed by atoms with Gasteiger partial charge in [-0.25, -0.2) is 13.6 Å². The average Bonchev–Trinajstić information content (AvgIpc) is 2.50. The summed E-state index contributed by atoms with van der Waals surface area (Å²) in [5, 5.41) is 8.52. The summed E-state index contributed by atoms with van der Waals surface area (Å²) in [6, 6.07) is 1.40. The zero-order chi connectivity index (χ0) is 12.2. The van der Waals surface area contributed by atoms with Gasteiger partial charge < -0.3 is 0 Å². The van der Waals surface area contributed by atoms with E-state index in [0.717, 1.165) is 5.57 Å². The molecule has 0 unspecified atom stereocenters. The molecule has 0 aromatic carbocycles. The Morgan fingerprint density at radius 1 is 1.53 bits per heavy atom. The standard InChI is InChI=1S/C7H11N3O2S.C2H6/c1-5(2)6-4-7(9-10(6)3)13(8,11)12;1-2/h4H,1H2,2-3H3,(H2,8,11,12);1-2H3. The van der Waals surface area contributed by atoms with Gasteiger partial charge in [0.15, 0.2) is 5.03 Å². The number of primary sulfonamides is 1. The van der Waals surface area contributed by atoms with Gasteiger partial charge in [0.05, 0.1) is 5.69 Å². The van der Waals surface area contributed by atoms with Crippen molar-refractivity contribution in [2.75, 3.05) is 0 Å². The molecule has 0 fully saturated rings. The smallest absolute Gasteiger partial charge is 0.257 e. The van der Waals surface area contributed by atoms with E-state index < -0.39 is 10.0 Å². The van der Waals surface area contributed by atoms with Crippen molar-refractivity contribution in [3.8, 4) is 0 Å². The number of rotatable bonds is 2. The van der Waals surface area contributed by atoms with E-state index in [2.05, 4.69) is 11.7 Å². The first kappa shape index (κ1) is 13.9. The third-order valence-corrected chi connectivity index (χ3v) is 2.37. The molecule has 0 spiro atoms. The average molecular weight is 231 g/mol. The quantitative estimate of drug-likeness (QED) is 0.828. The Hall–Kier alpha value is -1.14. The van der Waals surface area contributed by atoms with Crippen LogP contribution in [0.5, 0.6) is 0 Å². The summed E-state index contributed by atoms with van der Waals surface area (Å²) in [6.45, 7) is 9.45. The van der Waals surface area contributed by atoms with Crippen LogP contribution < -0.4 is 5.14 Å². The molecule has 2 N–H and O–H groups in total. The SMILES string of the molecule is C=C(C)c1cc(S(N)(=O)=O)nn1C.CC. The second-order valence-corrected chi connectivity index (χ2v) is 4.33. The van der Waals surface area contributed by atoms with Crippen molar-refractivity contribution in [2.24, 2.45) is 12.2 Å². The predicted molar refractivity (Wildman–Crippen MR) is 60.6 cm³/mol. The molecule has 0 amide bonds. The molecule has 1 aromatic rings. The third-order valence-electron chi connectivity index (χ3n) is 1.59. The minimum absolute atomic E-state index is 0.131. The van der Waals surface area contributed by atoms with Gasteiger partial charge in [-0.15, -0.1) is 0 Å². The lowest BCUT2D eigenvalue weighted by Gasteiger charge is -1.96. The first-order valence-electron chi connectivity index (χ1n) is 4.55. The lowest BCUT2D eigenvalue weighted by atomic mass is 10.2. The Bertz CT molecular complexity index is 446. The summed E-state index contributed by atoms with van der Waals surface area (Å²) >= 11 is 0. The Balaban J connectivity index is 0.000000921. The molecule has 0 aliphatic heterocycles. The van der Waals surface area contributed by atoms with Gasteiger partial charge in [-0.1, -0.05) is 20.4 Å². The molecule has 0 aliphatic rings. The molecule has 5 nitrogen and oxygen atoms in total. The van der Waals surface area contributed by atoms with Crippen LogP contribution in [-0.2, 0) is 17.1 Å². The van der Waals surface area contributed by atoms with Crippen molar-refractivity contribution in [1.29, 1.82) is 0 Å². The Kier molecular flexibility index (Phi) is 4.70. The number of nitrogens with two attached hydrogens (primary N) is 1. The fourth-order valence-corrected chi connectivity index (χ4v) is 1.49. The van der Waals surface area contributed by atoms with Crippen LogP contribution >= 0.6 is 0 Å². The van der Waals surface area contributed by atoms with Gasteiger partial charge in [-0.3, -0.25) is 4.68 Å². The molecule has 1 rings (SSSR count). The van der Waals surface area contributed by atoms with Gasteiger partial charge in [-0.2, -0.15) is 5.10 Å². The van der Waals surface area contributed by atoms with Gasteiger partial charge in [0.25, 0.3) is 10.0 Å². The minimum Gasteiger partial charge on any atom is -0.267 e. The molecule has 1 aromatic heterocycles. The van der Waals surface area contributed by atoms with E-state index in [1.54, 1.807) is 14.0 Å². The van der Waals surface area contributed by atoms with Gasteiger partial charge >= 0.3 is 0 Å². The number of nitrogens with zero attached hydrogens (tertiary/aromatic N) is 2. The first-order chi connectivity index (χ1) is 6.82. The van der Waals surface area contributed by atoms with E-state index in [1.165, 1.54) is 10.7 Å². The molecule has 6 heteroatoms. The maximum Gasteiger partial charge on any atom is 0.257 e. The van der Waals surface area contributed by atoms with Gasteiger partial charge in [-0.05, 0) is 12.5 Å². The van der Waals surface area contributed by atoms with E-state index >= 15 is 0 Å². The van der Waals surface area contributed by atoms with Gasteiger partial charge in [0.1, 0.15) is 0 Å². The summed E-state index contributed by atoms with van der Waals surface area (Å²) in [6.07, 6.45) is 0. The largest absolute Gasteiger partial charge is 0.267 e. The monoisotopic (exact) mass is 231 g/mol. The molecule has 0 atom stereocenters. The molecular weight excluding hydrogens is 214 g/mol. The second kappa shape index (κ2) is 5.09. The van der Waals surface area contributed by atoms with Crippen LogP contribution in [0.1, 0.15) is 26.5 Å². The van der Waals surface area contributed by atoms with Gasteiger partial charge in [0.2, 0.25) is 0 Å². The number of hydrogen-bond acceptors (Lipinski definition) is 3. The maximum atomic E-state index is 10.9. The highest BCUT2D eigenvalue weighted by Gasteiger charge is 2.14. The maximum absolute atomic E-state index is 10.9. The van der Waals surface area contributed by atoms with E-state index in [9.17, 15) is 8.42 Å². The zero-order valence-electron chi connectivity index (χ0n) is 9.48. The highest BCUT2D eigenvalue weighted by Crippen LogP contribution is 2.14. The number of hydrogen-bond donors (Lipinski definition) is 1. The minimum atomic E-state index is -3.71. The molecule has 0 saturated heterocycles. The van der Waals surface area contributed by atoms with Gasteiger partial charge in [0, 0.05) is 13.1 Å². The normalized spacial score (nSPS) is 10.5. The summed E-state index contributed by atoms with van der Waals surface area (Å²) in [5.74, 6) is 0. The Morgan fingerprint density at radius 3 is 2.20 bits per heavy atom. The topological polar surface area (TPSA) is 78.0 Å². The van der Waals surface area contributed by atoms with Crippen LogP contribution in [0.15, 0.2) is 17.7 Å². The molecular formula is C9H17N3O2S. The summed E-state index contributed by atoms with van der Waals surface area (Å²) < 4.78 is 23.2. The van der Waals surface area contributed by atoms with Crippen molar-refractivity contribution in [1.82, 2.24) is 9.78 Å². The number of aromatic nitrogens is 2. The lowest BCUT2D eigenvalue weighted by molar-refractivity contribution is 0.589. The molecule has 0 aliphatic carbocycles. The van der Waals surface area contributed by atoms with E-state index in [-0.39, 0.29) is 5.03 Å². The number of allylic oxidation sites excluding steroid dienone is 1. The van der Waals surface area contributed by atoms with E-state index in [1.807, 2.05) is 13.8 Å². The van der Waals surface area contributed by atoms with Crippen molar-refractivity contribution in [2.45, 2.75) is 25.8 Å². The second-order valence-electron chi connectivity index (χ2n) is 2.82. The molecule has 1 heterocycles. The van der Waals surface area contributed by atoms with E-state index in [0.29, 0.717) is 5.69 Å². The number of sulfonamides is 1. The third kappa shape index (κ3) is 3.49.